The minimum absolute atomic E-state index is 0.0348. The lowest BCUT2D eigenvalue weighted by Crippen LogP contribution is -2.34. The van der Waals surface area contributed by atoms with E-state index in [1.807, 2.05) is 0 Å². The molecule has 5 heteroatoms. The Morgan fingerprint density at radius 1 is 1.50 bits per heavy atom. The molecule has 1 atom stereocenters. The van der Waals surface area contributed by atoms with Crippen LogP contribution < -0.4 is 5.32 Å². The van der Waals surface area contributed by atoms with E-state index in [1.165, 1.54) is 0 Å². The summed E-state index contributed by atoms with van der Waals surface area (Å²) >= 11 is 0. The lowest BCUT2D eigenvalue weighted by Gasteiger charge is -2.21. The minimum Gasteiger partial charge on any atom is -0.367 e. The van der Waals surface area contributed by atoms with Crippen LogP contribution in [0.4, 0.5) is 0 Å². The predicted molar refractivity (Wildman–Crippen MR) is 41.4 cm³/mol. The highest BCUT2D eigenvalue weighted by molar-refractivity contribution is 4.90. The van der Waals surface area contributed by atoms with Gasteiger partial charge >= 0.3 is 0 Å². The summed E-state index contributed by atoms with van der Waals surface area (Å²) in [4.78, 5) is 4.06. The van der Waals surface area contributed by atoms with Gasteiger partial charge in [0, 0.05) is 19.3 Å². The maximum Gasteiger partial charge on any atom is 0.181 e. The molecule has 1 aromatic heterocycles. The van der Waals surface area contributed by atoms with E-state index in [4.69, 9.17) is 4.74 Å². The molecule has 1 aromatic rings. The van der Waals surface area contributed by atoms with Crippen molar-refractivity contribution < 1.29 is 4.74 Å². The van der Waals surface area contributed by atoms with Crippen LogP contribution in [0.5, 0.6) is 0 Å². The maximum atomic E-state index is 5.44. The molecule has 1 aliphatic heterocycles. The Labute approximate surface area is 70.2 Å². The van der Waals surface area contributed by atoms with E-state index in [1.54, 1.807) is 12.4 Å². The number of morpholine rings is 1. The first-order valence-corrected chi connectivity index (χ1v) is 3.93. The Hall–Kier alpha value is -1.07. The van der Waals surface area contributed by atoms with E-state index in [-0.39, 0.29) is 6.10 Å². The highest BCUT2D eigenvalue weighted by atomic mass is 16.5. The molecule has 0 aliphatic carbocycles. The minimum atomic E-state index is -0.0348. The van der Waals surface area contributed by atoms with Crippen molar-refractivity contribution in [2.75, 3.05) is 19.7 Å². The summed E-state index contributed by atoms with van der Waals surface area (Å²) in [7, 11) is 0. The molecule has 0 bridgehead atoms. The van der Waals surface area contributed by atoms with Crippen LogP contribution in [0.2, 0.25) is 0 Å². The zero-order valence-electron chi connectivity index (χ0n) is 6.60. The molecule has 0 radical (unpaired) electrons. The summed E-state index contributed by atoms with van der Waals surface area (Å²) < 4.78 is 5.44. The van der Waals surface area contributed by atoms with Crippen molar-refractivity contribution >= 4 is 0 Å². The van der Waals surface area contributed by atoms with Crippen molar-refractivity contribution in [1.29, 1.82) is 0 Å². The smallest absolute Gasteiger partial charge is 0.181 e. The standard InChI is InChI=1S/C7H10N4O/c1-2-10-11-7(9-1)6-5-8-3-4-12-6/h1-2,6,8H,3-5H2. The van der Waals surface area contributed by atoms with Gasteiger partial charge in [0.25, 0.3) is 0 Å². The van der Waals surface area contributed by atoms with Crippen LogP contribution in [0.3, 0.4) is 0 Å². The van der Waals surface area contributed by atoms with Crippen LogP contribution in [0.1, 0.15) is 11.9 Å². The van der Waals surface area contributed by atoms with Crippen molar-refractivity contribution in [1.82, 2.24) is 20.5 Å². The van der Waals surface area contributed by atoms with Crippen molar-refractivity contribution in [3.63, 3.8) is 0 Å². The van der Waals surface area contributed by atoms with Gasteiger partial charge in [0.05, 0.1) is 12.8 Å². The van der Waals surface area contributed by atoms with Gasteiger partial charge < -0.3 is 10.1 Å². The van der Waals surface area contributed by atoms with Crippen LogP contribution in [-0.4, -0.2) is 34.9 Å². The van der Waals surface area contributed by atoms with E-state index in [9.17, 15) is 0 Å². The number of nitrogens with zero attached hydrogens (tertiary/aromatic N) is 3. The average Bonchev–Trinajstić information content (AvgIpc) is 2.21. The second kappa shape index (κ2) is 3.55. The van der Waals surface area contributed by atoms with Crippen LogP contribution in [0, 0.1) is 0 Å². The molecular weight excluding hydrogens is 156 g/mol. The Balaban J connectivity index is 2.08. The molecule has 0 amide bonds. The molecule has 1 fully saturated rings. The van der Waals surface area contributed by atoms with E-state index in [0.717, 1.165) is 13.1 Å². The zero-order valence-corrected chi connectivity index (χ0v) is 6.60. The van der Waals surface area contributed by atoms with Crippen molar-refractivity contribution in [2.45, 2.75) is 6.10 Å². The first-order chi connectivity index (χ1) is 5.97. The zero-order chi connectivity index (χ0) is 8.23. The highest BCUT2D eigenvalue weighted by Gasteiger charge is 2.17. The van der Waals surface area contributed by atoms with Gasteiger partial charge in [-0.2, -0.15) is 5.10 Å². The van der Waals surface area contributed by atoms with Gasteiger partial charge in [-0.15, -0.1) is 5.10 Å². The largest absolute Gasteiger partial charge is 0.367 e. The number of aromatic nitrogens is 3. The molecule has 64 valence electrons. The third-order valence-corrected chi connectivity index (χ3v) is 1.72. The van der Waals surface area contributed by atoms with E-state index in [2.05, 4.69) is 20.5 Å². The molecule has 0 saturated carbocycles. The van der Waals surface area contributed by atoms with Gasteiger partial charge in [0.2, 0.25) is 0 Å². The molecule has 1 aliphatic rings. The molecule has 2 heterocycles. The lowest BCUT2D eigenvalue weighted by atomic mass is 10.3. The van der Waals surface area contributed by atoms with E-state index < -0.39 is 0 Å². The fourth-order valence-electron chi connectivity index (χ4n) is 1.14. The lowest BCUT2D eigenvalue weighted by molar-refractivity contribution is 0.0215. The first-order valence-electron chi connectivity index (χ1n) is 3.93. The second-order valence-electron chi connectivity index (χ2n) is 2.56. The Bertz CT molecular complexity index is 234. The van der Waals surface area contributed by atoms with Crippen molar-refractivity contribution in [2.24, 2.45) is 0 Å². The molecule has 1 N–H and O–H groups in total. The SMILES string of the molecule is c1cnc(C2CNCCO2)nn1. The van der Waals surface area contributed by atoms with Gasteiger partial charge in [0.15, 0.2) is 5.82 Å². The maximum absolute atomic E-state index is 5.44. The predicted octanol–water partition coefficient (Wildman–Crippen LogP) is -0.468. The highest BCUT2D eigenvalue weighted by Crippen LogP contribution is 2.11. The van der Waals surface area contributed by atoms with Crippen LogP contribution in [0.25, 0.3) is 0 Å². The molecule has 0 aromatic carbocycles. The van der Waals surface area contributed by atoms with Crippen LogP contribution >= 0.6 is 0 Å². The first kappa shape index (κ1) is 7.57. The Morgan fingerprint density at radius 3 is 3.17 bits per heavy atom. The molecule has 5 nitrogen and oxygen atoms in total. The molecular formula is C7H10N4O. The Kier molecular flexibility index (Phi) is 2.24. The van der Waals surface area contributed by atoms with Gasteiger partial charge in [-0.05, 0) is 0 Å². The van der Waals surface area contributed by atoms with Crippen molar-refractivity contribution in [3.8, 4) is 0 Å². The van der Waals surface area contributed by atoms with Gasteiger partial charge in [-0.3, -0.25) is 0 Å². The number of hydrogen-bond donors (Lipinski definition) is 1. The summed E-state index contributed by atoms with van der Waals surface area (Å²) in [5, 5.41) is 10.8. The number of nitrogens with one attached hydrogen (secondary N) is 1. The summed E-state index contributed by atoms with van der Waals surface area (Å²) in [6.07, 6.45) is 3.15. The normalized spacial score (nSPS) is 23.8. The molecule has 1 saturated heterocycles. The fourth-order valence-corrected chi connectivity index (χ4v) is 1.14. The molecule has 2 rings (SSSR count). The average molecular weight is 166 g/mol. The third kappa shape index (κ3) is 1.57. The topological polar surface area (TPSA) is 59.9 Å². The third-order valence-electron chi connectivity index (χ3n) is 1.72. The quantitative estimate of drug-likeness (QED) is 0.611. The van der Waals surface area contributed by atoms with Gasteiger partial charge in [0.1, 0.15) is 6.10 Å². The summed E-state index contributed by atoms with van der Waals surface area (Å²) in [5.41, 5.74) is 0. The number of rotatable bonds is 1. The van der Waals surface area contributed by atoms with Crippen molar-refractivity contribution in [3.05, 3.63) is 18.2 Å². The molecule has 0 spiro atoms. The van der Waals surface area contributed by atoms with E-state index in [0.29, 0.717) is 12.4 Å². The second-order valence-corrected chi connectivity index (χ2v) is 2.56. The summed E-state index contributed by atoms with van der Waals surface area (Å²) in [6.45, 7) is 2.38. The Morgan fingerprint density at radius 2 is 2.50 bits per heavy atom. The fraction of sp³-hybridized carbons (Fsp3) is 0.571. The van der Waals surface area contributed by atoms with Gasteiger partial charge in [-0.25, -0.2) is 4.98 Å². The summed E-state index contributed by atoms with van der Waals surface area (Å²) in [5.74, 6) is 0.657. The monoisotopic (exact) mass is 166 g/mol. The molecule has 1 unspecified atom stereocenters. The van der Waals surface area contributed by atoms with E-state index >= 15 is 0 Å². The number of hydrogen-bond acceptors (Lipinski definition) is 5. The van der Waals surface area contributed by atoms with Crippen LogP contribution in [0.15, 0.2) is 12.4 Å². The van der Waals surface area contributed by atoms with Crippen LogP contribution in [-0.2, 0) is 4.74 Å². The number of ether oxygens (including phenoxy) is 1. The molecule has 12 heavy (non-hydrogen) atoms. The summed E-state index contributed by atoms with van der Waals surface area (Å²) in [6, 6.07) is 0. The van der Waals surface area contributed by atoms with Gasteiger partial charge in [-0.1, -0.05) is 0 Å².